The lowest BCUT2D eigenvalue weighted by Crippen LogP contribution is -2.06. The van der Waals surface area contributed by atoms with Crippen molar-refractivity contribution >= 4 is 34.2 Å². The van der Waals surface area contributed by atoms with Crippen LogP contribution in [0.15, 0.2) is 12.1 Å². The number of alkyl halides is 1. The Morgan fingerprint density at radius 1 is 1.54 bits per heavy atom. The topological polar surface area (TPSA) is 0 Å². The Hall–Kier alpha value is 0.170. The van der Waals surface area contributed by atoms with Crippen LogP contribution in [0.25, 0.3) is 0 Å². The van der Waals surface area contributed by atoms with Crippen molar-refractivity contribution in [1.82, 2.24) is 0 Å². The van der Waals surface area contributed by atoms with E-state index in [9.17, 15) is 4.39 Å². The molecule has 3 heteroatoms. The first-order valence-corrected chi connectivity index (χ1v) is 5.64. The molecule has 0 spiro atoms. The number of halogens is 3. The van der Waals surface area contributed by atoms with Gasteiger partial charge < -0.3 is 0 Å². The molecule has 1 aliphatic carbocycles. The summed E-state index contributed by atoms with van der Waals surface area (Å²) in [7, 11) is 0. The first kappa shape index (κ1) is 9.71. The average molecular weight is 311 g/mol. The molecule has 0 saturated heterocycles. The molecule has 1 aliphatic rings. The highest BCUT2D eigenvalue weighted by molar-refractivity contribution is 14.1. The van der Waals surface area contributed by atoms with E-state index in [-0.39, 0.29) is 9.24 Å². The summed E-state index contributed by atoms with van der Waals surface area (Å²) in [6.07, 6.45) is 1.94. The zero-order valence-corrected chi connectivity index (χ0v) is 10.1. The van der Waals surface area contributed by atoms with Gasteiger partial charge in [-0.1, -0.05) is 40.3 Å². The molecule has 0 fully saturated rings. The summed E-state index contributed by atoms with van der Waals surface area (Å²) in [5, 5.41) is 0.317. The zero-order valence-electron chi connectivity index (χ0n) is 7.20. The molecule has 1 unspecified atom stereocenters. The standard InChI is InChI=1S/C10H9ClFI/c1-10(13)5-4-6-7(10)2-3-8(12)9(6)11/h2-3H,4-5H2,1H3. The summed E-state index contributed by atoms with van der Waals surface area (Å²) in [5.74, 6) is -0.297. The molecule has 2 rings (SSSR count). The van der Waals surface area contributed by atoms with Crippen molar-refractivity contribution in [3.8, 4) is 0 Å². The summed E-state index contributed by atoms with van der Waals surface area (Å²) in [6.45, 7) is 2.16. The van der Waals surface area contributed by atoms with Crippen LogP contribution in [-0.2, 0) is 9.84 Å². The summed E-state index contributed by atoms with van der Waals surface area (Å²) in [6, 6.07) is 3.32. The largest absolute Gasteiger partial charge is 0.205 e. The van der Waals surface area contributed by atoms with Crippen LogP contribution in [0.2, 0.25) is 5.02 Å². The quantitative estimate of drug-likeness (QED) is 0.500. The summed E-state index contributed by atoms with van der Waals surface area (Å²) in [4.78, 5) is 0. The highest BCUT2D eigenvalue weighted by atomic mass is 127. The molecule has 70 valence electrons. The maximum atomic E-state index is 13.1. The van der Waals surface area contributed by atoms with Crippen LogP contribution in [0, 0.1) is 5.82 Å². The van der Waals surface area contributed by atoms with Gasteiger partial charge in [0.2, 0.25) is 0 Å². The van der Waals surface area contributed by atoms with Crippen molar-refractivity contribution in [2.24, 2.45) is 0 Å². The van der Waals surface area contributed by atoms with Gasteiger partial charge in [0.1, 0.15) is 5.82 Å². The van der Waals surface area contributed by atoms with Crippen LogP contribution in [0.5, 0.6) is 0 Å². The van der Waals surface area contributed by atoms with Crippen LogP contribution < -0.4 is 0 Å². The second-order valence-electron chi connectivity index (χ2n) is 3.58. The molecule has 1 aromatic carbocycles. The van der Waals surface area contributed by atoms with Crippen molar-refractivity contribution < 1.29 is 4.39 Å². The van der Waals surface area contributed by atoms with E-state index >= 15 is 0 Å². The molecule has 0 aromatic heterocycles. The molecule has 0 nitrogen and oxygen atoms in total. The summed E-state index contributed by atoms with van der Waals surface area (Å²) in [5.41, 5.74) is 2.19. The van der Waals surface area contributed by atoms with Crippen molar-refractivity contribution in [2.45, 2.75) is 23.2 Å². The average Bonchev–Trinajstić information content (AvgIpc) is 2.35. The minimum absolute atomic E-state index is 0.129. The predicted octanol–water partition coefficient (Wildman–Crippen LogP) is 4.08. The Kier molecular flexibility index (Phi) is 2.31. The molecule has 0 radical (unpaired) electrons. The van der Waals surface area contributed by atoms with Gasteiger partial charge in [-0.3, -0.25) is 0 Å². The molecule has 0 amide bonds. The monoisotopic (exact) mass is 310 g/mol. The molecular weight excluding hydrogens is 301 g/mol. The summed E-state index contributed by atoms with van der Waals surface area (Å²) < 4.78 is 13.2. The molecule has 0 saturated carbocycles. The third-order valence-electron chi connectivity index (χ3n) is 2.60. The van der Waals surface area contributed by atoms with Gasteiger partial charge in [-0.15, -0.1) is 0 Å². The number of fused-ring (bicyclic) bond motifs is 1. The number of hydrogen-bond acceptors (Lipinski definition) is 0. The van der Waals surface area contributed by atoms with Crippen LogP contribution in [0.1, 0.15) is 24.5 Å². The molecule has 0 aliphatic heterocycles. The fourth-order valence-electron chi connectivity index (χ4n) is 1.82. The van der Waals surface area contributed by atoms with Gasteiger partial charge in [0, 0.05) is 3.42 Å². The Morgan fingerprint density at radius 2 is 2.23 bits per heavy atom. The number of benzene rings is 1. The second-order valence-corrected chi connectivity index (χ2v) is 6.34. The minimum Gasteiger partial charge on any atom is -0.205 e. The van der Waals surface area contributed by atoms with Crippen molar-refractivity contribution in [3.63, 3.8) is 0 Å². The third-order valence-corrected chi connectivity index (χ3v) is 4.13. The highest BCUT2D eigenvalue weighted by Gasteiger charge is 2.33. The molecule has 0 N–H and O–H groups in total. The molecule has 0 heterocycles. The van der Waals surface area contributed by atoms with Crippen LogP contribution in [-0.4, -0.2) is 0 Å². The maximum absolute atomic E-state index is 13.1. The molecule has 1 atom stereocenters. The SMILES string of the molecule is CC1(I)CCc2c1ccc(F)c2Cl. The van der Waals surface area contributed by atoms with Crippen molar-refractivity contribution in [2.75, 3.05) is 0 Å². The van der Waals surface area contributed by atoms with E-state index in [0.29, 0.717) is 5.02 Å². The van der Waals surface area contributed by atoms with Gasteiger partial charge >= 0.3 is 0 Å². The summed E-state index contributed by atoms with van der Waals surface area (Å²) >= 11 is 8.29. The Labute approximate surface area is 95.6 Å². The van der Waals surface area contributed by atoms with E-state index < -0.39 is 0 Å². The lowest BCUT2D eigenvalue weighted by molar-refractivity contribution is 0.626. The first-order valence-electron chi connectivity index (χ1n) is 4.18. The van der Waals surface area contributed by atoms with Crippen molar-refractivity contribution in [3.05, 3.63) is 34.1 Å². The number of rotatable bonds is 0. The van der Waals surface area contributed by atoms with Gasteiger partial charge in [0.15, 0.2) is 0 Å². The lowest BCUT2D eigenvalue weighted by atomic mass is 10.0. The van der Waals surface area contributed by atoms with Crippen LogP contribution in [0.3, 0.4) is 0 Å². The lowest BCUT2D eigenvalue weighted by Gasteiger charge is -2.16. The van der Waals surface area contributed by atoms with E-state index in [1.807, 2.05) is 6.07 Å². The highest BCUT2D eigenvalue weighted by Crippen LogP contribution is 2.46. The maximum Gasteiger partial charge on any atom is 0.142 e. The number of hydrogen-bond donors (Lipinski definition) is 0. The van der Waals surface area contributed by atoms with Crippen LogP contribution >= 0.6 is 34.2 Å². The van der Waals surface area contributed by atoms with E-state index in [1.54, 1.807) is 0 Å². The molecule has 1 aromatic rings. The predicted molar refractivity (Wildman–Crippen MR) is 61.1 cm³/mol. The molecule has 0 bridgehead atoms. The van der Waals surface area contributed by atoms with Gasteiger partial charge in [0.25, 0.3) is 0 Å². The normalized spacial score (nSPS) is 26.2. The van der Waals surface area contributed by atoms with E-state index in [0.717, 1.165) is 18.4 Å². The molecular formula is C10H9ClFI. The first-order chi connectivity index (χ1) is 6.02. The molecule has 13 heavy (non-hydrogen) atoms. The van der Waals surface area contributed by atoms with E-state index in [1.165, 1.54) is 11.6 Å². The van der Waals surface area contributed by atoms with Gasteiger partial charge in [-0.2, -0.15) is 0 Å². The smallest absolute Gasteiger partial charge is 0.142 e. The van der Waals surface area contributed by atoms with Gasteiger partial charge in [-0.25, -0.2) is 4.39 Å². The second kappa shape index (κ2) is 3.09. The van der Waals surface area contributed by atoms with E-state index in [2.05, 4.69) is 29.5 Å². The fourth-order valence-corrected chi connectivity index (χ4v) is 2.85. The Balaban J connectivity index is 2.64. The minimum atomic E-state index is -0.297. The fraction of sp³-hybridized carbons (Fsp3) is 0.400. The van der Waals surface area contributed by atoms with E-state index in [4.69, 9.17) is 11.6 Å². The zero-order chi connectivity index (χ0) is 9.64. The van der Waals surface area contributed by atoms with Crippen molar-refractivity contribution in [1.29, 1.82) is 0 Å². The third kappa shape index (κ3) is 1.48. The Bertz CT molecular complexity index is 360. The van der Waals surface area contributed by atoms with Gasteiger partial charge in [-0.05, 0) is 37.0 Å². The van der Waals surface area contributed by atoms with Crippen LogP contribution in [0.4, 0.5) is 4.39 Å². The Morgan fingerprint density at radius 3 is 2.92 bits per heavy atom. The van der Waals surface area contributed by atoms with Gasteiger partial charge in [0.05, 0.1) is 5.02 Å².